The summed E-state index contributed by atoms with van der Waals surface area (Å²) in [6, 6.07) is 4.10. The smallest absolute Gasteiger partial charge is 0.427 e. The normalized spacial score (nSPS) is 28.9. The number of allylic oxidation sites excluding steroid dienone is 1. The number of sulfonamides is 1. The molecule has 1 saturated heterocycles. The number of carbonyl (C=O) groups is 4. The highest BCUT2D eigenvalue weighted by atomic mass is 32.2. The van der Waals surface area contributed by atoms with Crippen molar-refractivity contribution in [1.82, 2.24) is 25.2 Å². The lowest BCUT2D eigenvalue weighted by molar-refractivity contribution is -0.244. The van der Waals surface area contributed by atoms with Crippen molar-refractivity contribution in [2.24, 2.45) is 17.8 Å². The fourth-order valence-corrected chi connectivity index (χ4v) is 9.01. The number of methoxy groups -OCH3 is 2. The van der Waals surface area contributed by atoms with Gasteiger partial charge < -0.3 is 34.5 Å². The molecule has 2 aliphatic heterocycles. The molecular weight excluding hydrogens is 788 g/mol. The largest absolute Gasteiger partial charge is 0.497 e. The zero-order valence-electron chi connectivity index (χ0n) is 33.0. The molecule has 0 unspecified atom stereocenters. The first kappa shape index (κ1) is 42.9. The topological polar surface area (TPSA) is 192 Å². The van der Waals surface area contributed by atoms with E-state index in [-0.39, 0.29) is 44.2 Å². The van der Waals surface area contributed by atoms with E-state index < -0.39 is 86.4 Å². The van der Waals surface area contributed by atoms with Gasteiger partial charge in [0.05, 0.1) is 25.5 Å². The van der Waals surface area contributed by atoms with E-state index in [1.165, 1.54) is 25.3 Å². The summed E-state index contributed by atoms with van der Waals surface area (Å²) in [5, 5.41) is 5.79. The number of fused-ring (bicyclic) bond motifs is 3. The fraction of sp³-hybridized carbons (Fsp3) is 0.615. The van der Waals surface area contributed by atoms with Crippen molar-refractivity contribution in [3.05, 3.63) is 42.6 Å². The first-order valence-corrected chi connectivity index (χ1v) is 20.8. The summed E-state index contributed by atoms with van der Waals surface area (Å²) in [5.74, 6) is -3.19. The molecule has 19 heteroatoms. The van der Waals surface area contributed by atoms with E-state index in [1.54, 1.807) is 30.3 Å². The van der Waals surface area contributed by atoms with Crippen LogP contribution < -0.4 is 24.8 Å². The van der Waals surface area contributed by atoms with Crippen molar-refractivity contribution >= 4 is 44.6 Å². The summed E-state index contributed by atoms with van der Waals surface area (Å²) in [7, 11) is -1.08. The van der Waals surface area contributed by atoms with Crippen molar-refractivity contribution in [1.29, 1.82) is 0 Å². The van der Waals surface area contributed by atoms with Gasteiger partial charge in [-0.2, -0.15) is 13.2 Å². The van der Waals surface area contributed by atoms with E-state index in [1.807, 2.05) is 13.0 Å². The van der Waals surface area contributed by atoms with Gasteiger partial charge in [-0.1, -0.05) is 19.1 Å². The molecule has 3 fully saturated rings. The Morgan fingerprint density at radius 1 is 1.09 bits per heavy atom. The van der Waals surface area contributed by atoms with Gasteiger partial charge in [0.1, 0.15) is 29.5 Å². The van der Waals surface area contributed by atoms with Gasteiger partial charge in [-0.25, -0.2) is 18.2 Å². The molecular formula is C39H50F3N5O10S. The first-order valence-electron chi connectivity index (χ1n) is 19.3. The van der Waals surface area contributed by atoms with Gasteiger partial charge in [0.25, 0.3) is 5.91 Å². The van der Waals surface area contributed by atoms with Gasteiger partial charge >= 0.3 is 12.3 Å². The third-order valence-corrected chi connectivity index (χ3v) is 13.2. The lowest BCUT2D eigenvalue weighted by Gasteiger charge is -2.35. The molecule has 4 aliphatic rings. The molecule has 1 aromatic heterocycles. The van der Waals surface area contributed by atoms with Gasteiger partial charge in [-0.3, -0.25) is 19.1 Å². The number of alkyl carbamates (subject to hydrolysis) is 1. The molecule has 2 saturated carbocycles. The Morgan fingerprint density at radius 2 is 1.83 bits per heavy atom. The second-order valence-corrected chi connectivity index (χ2v) is 18.2. The van der Waals surface area contributed by atoms with Crippen LogP contribution in [0.4, 0.5) is 18.0 Å². The second kappa shape index (κ2) is 16.5. The summed E-state index contributed by atoms with van der Waals surface area (Å²) < 4.78 is 91.3. The molecule has 1 aromatic carbocycles. The maximum Gasteiger partial charge on any atom is 0.427 e. The van der Waals surface area contributed by atoms with Gasteiger partial charge in [0, 0.05) is 36.9 Å². The zero-order chi connectivity index (χ0) is 42.2. The molecule has 7 atom stereocenters. The Bertz CT molecular complexity index is 2040. The molecule has 4 amide bonds. The molecule has 6 rings (SSSR count). The number of rotatable bonds is 10. The number of alkyl halides is 3. The average molecular weight is 838 g/mol. The second-order valence-electron chi connectivity index (χ2n) is 16.2. The Kier molecular flexibility index (Phi) is 12.2. The number of pyridine rings is 1. The molecule has 0 bridgehead atoms. The van der Waals surface area contributed by atoms with Crippen LogP contribution in [0.25, 0.3) is 10.8 Å². The van der Waals surface area contributed by atoms with Crippen LogP contribution in [0.1, 0.15) is 65.7 Å². The Morgan fingerprint density at radius 3 is 2.50 bits per heavy atom. The van der Waals surface area contributed by atoms with Gasteiger partial charge in [0.15, 0.2) is 0 Å². The average Bonchev–Trinajstić information content (AvgIpc) is 4.08. The molecule has 3 heterocycles. The predicted molar refractivity (Wildman–Crippen MR) is 203 cm³/mol. The van der Waals surface area contributed by atoms with Crippen LogP contribution in [0.2, 0.25) is 0 Å². The van der Waals surface area contributed by atoms with Crippen LogP contribution in [0, 0.1) is 17.8 Å². The third kappa shape index (κ3) is 9.29. The fourth-order valence-electron chi connectivity index (χ4n) is 7.65. The Hall–Kier alpha value is -4.65. The monoisotopic (exact) mass is 837 g/mol. The number of nitrogens with zero attached hydrogens (tertiary/aromatic N) is 2. The van der Waals surface area contributed by atoms with Crippen LogP contribution in [-0.4, -0.2) is 110 Å². The van der Waals surface area contributed by atoms with Crippen LogP contribution in [0.3, 0.4) is 0 Å². The van der Waals surface area contributed by atoms with Crippen LogP contribution in [0.15, 0.2) is 42.6 Å². The number of hydrogen-bond donors (Lipinski definition) is 3. The van der Waals surface area contributed by atoms with Gasteiger partial charge in [-0.05, 0) is 87.9 Å². The molecule has 2 aromatic rings. The summed E-state index contributed by atoms with van der Waals surface area (Å²) >= 11 is 0. The predicted octanol–water partition coefficient (Wildman–Crippen LogP) is 4.15. The number of aromatic nitrogens is 1. The quantitative estimate of drug-likeness (QED) is 0.292. The van der Waals surface area contributed by atoms with E-state index in [0.29, 0.717) is 50.7 Å². The van der Waals surface area contributed by atoms with Crippen molar-refractivity contribution in [3.63, 3.8) is 0 Å². The van der Waals surface area contributed by atoms with Crippen LogP contribution in [-0.2, 0) is 33.9 Å². The van der Waals surface area contributed by atoms with Gasteiger partial charge in [0.2, 0.25) is 33.3 Å². The molecule has 0 spiro atoms. The van der Waals surface area contributed by atoms with Crippen molar-refractivity contribution in [2.45, 2.75) is 106 Å². The zero-order valence-corrected chi connectivity index (χ0v) is 33.8. The van der Waals surface area contributed by atoms with E-state index in [4.69, 9.17) is 18.9 Å². The number of benzene rings is 1. The standard InChI is InChI=1S/C39H50F3N5O10S/c1-22-8-6-7-9-25-19-38(25,35(50)46-58(52,53)28-11-12-28)45-32(48)30-18-27(56-33-29-13-10-26(55-5)17-23(29)14-15-43-33)20-47(30)34(49)31(24(16-22)21-54-4)44-36(51)57-37(2,3)39(40,41)42/h7,9-10,13-15,17,22,24-25,27-28,30-31H,6,8,11-12,16,18-21H2,1-5H3,(H,44,51)(H,45,48)(H,46,50)/b9-7-/t22-,24-,25-,27+,30-,31-,38-/m0/s1. The van der Waals surface area contributed by atoms with E-state index in [9.17, 15) is 40.8 Å². The number of ether oxygens (including phenoxy) is 4. The molecule has 58 heavy (non-hydrogen) atoms. The summed E-state index contributed by atoms with van der Waals surface area (Å²) in [5.41, 5.74) is -4.56. The third-order valence-electron chi connectivity index (χ3n) is 11.3. The minimum atomic E-state index is -4.94. The minimum absolute atomic E-state index is 0.0889. The van der Waals surface area contributed by atoms with Crippen LogP contribution >= 0.6 is 0 Å². The lowest BCUT2D eigenvalue weighted by Crippen LogP contribution is -2.60. The molecule has 2 aliphatic carbocycles. The molecule has 318 valence electrons. The number of nitrogens with one attached hydrogen (secondary N) is 3. The Labute approximate surface area is 334 Å². The minimum Gasteiger partial charge on any atom is -0.497 e. The van der Waals surface area contributed by atoms with E-state index in [0.717, 1.165) is 5.39 Å². The van der Waals surface area contributed by atoms with Gasteiger partial charge in [-0.15, -0.1) is 0 Å². The molecule has 15 nitrogen and oxygen atoms in total. The lowest BCUT2D eigenvalue weighted by atomic mass is 9.87. The van der Waals surface area contributed by atoms with E-state index >= 15 is 0 Å². The van der Waals surface area contributed by atoms with E-state index in [2.05, 4.69) is 20.3 Å². The highest BCUT2D eigenvalue weighted by Crippen LogP contribution is 2.46. The number of carbonyl (C=O) groups excluding carboxylic acids is 4. The maximum atomic E-state index is 14.9. The maximum absolute atomic E-state index is 14.9. The highest BCUT2D eigenvalue weighted by molar-refractivity contribution is 7.91. The van der Waals surface area contributed by atoms with Crippen molar-refractivity contribution in [2.75, 3.05) is 27.4 Å². The highest BCUT2D eigenvalue weighted by Gasteiger charge is 2.62. The summed E-state index contributed by atoms with van der Waals surface area (Å²) in [4.78, 5) is 62.0. The summed E-state index contributed by atoms with van der Waals surface area (Å²) in [6.45, 7) is 2.95. The van der Waals surface area contributed by atoms with Crippen LogP contribution in [0.5, 0.6) is 11.6 Å². The number of halogens is 3. The Balaban J connectivity index is 1.37. The number of amides is 4. The molecule has 3 N–H and O–H groups in total. The SMILES string of the molecule is COC[C@@H]1C[C@@H](C)CC/C=C\[C@H]2C[C@]2(C(=O)NS(=O)(=O)C2CC2)NC(=O)[C@@H]2C[C@@H](Oc3nccc4cc(OC)ccc34)CN2C(=O)[C@H]1NC(=O)OC(C)(C)C(F)(F)F. The first-order chi connectivity index (χ1) is 27.3. The summed E-state index contributed by atoms with van der Waals surface area (Å²) in [6.07, 6.45) is -0.0381. The number of hydrogen-bond acceptors (Lipinski definition) is 11. The van der Waals surface area contributed by atoms with Crippen molar-refractivity contribution < 1.29 is 59.7 Å². The molecule has 0 radical (unpaired) electrons. The van der Waals surface area contributed by atoms with Crippen molar-refractivity contribution in [3.8, 4) is 11.6 Å².